The first kappa shape index (κ1) is 13.8. The van der Waals surface area contributed by atoms with E-state index in [-0.39, 0.29) is 0 Å². The summed E-state index contributed by atoms with van der Waals surface area (Å²) in [5.41, 5.74) is 2.40. The predicted molar refractivity (Wildman–Crippen MR) is 83.1 cm³/mol. The Kier molecular flexibility index (Phi) is 4.74. The van der Waals surface area contributed by atoms with Crippen molar-refractivity contribution in [3.05, 3.63) is 54.1 Å². The Balaban J connectivity index is 2.01. The molecular weight excluding hydrogens is 254 g/mol. The van der Waals surface area contributed by atoms with Crippen LogP contribution in [0.3, 0.4) is 0 Å². The highest BCUT2D eigenvalue weighted by molar-refractivity contribution is 7.98. The second-order valence-corrected chi connectivity index (χ2v) is 5.46. The first-order valence-corrected chi connectivity index (χ1v) is 7.59. The molecule has 2 N–H and O–H groups in total. The van der Waals surface area contributed by atoms with Gasteiger partial charge in [0, 0.05) is 16.6 Å². The fraction of sp³-hybridized carbons (Fsp3) is 0.250. The summed E-state index contributed by atoms with van der Waals surface area (Å²) in [6.45, 7) is 2.17. The number of para-hydroxylation sites is 1. The Morgan fingerprint density at radius 3 is 2.47 bits per heavy atom. The highest BCUT2D eigenvalue weighted by atomic mass is 32.2. The number of thioether (sulfide) groups is 1. The molecule has 0 aromatic heterocycles. The summed E-state index contributed by atoms with van der Waals surface area (Å²) in [4.78, 5) is 1.26. The van der Waals surface area contributed by atoms with E-state index in [9.17, 15) is 5.11 Å². The molecule has 0 spiro atoms. The Hall–Kier alpha value is -1.61. The lowest BCUT2D eigenvalue weighted by molar-refractivity contribution is 0.475. The Morgan fingerprint density at radius 1 is 1.11 bits per heavy atom. The number of anilines is 1. The first-order valence-electron chi connectivity index (χ1n) is 6.36. The monoisotopic (exact) mass is 273 g/mol. The van der Waals surface area contributed by atoms with E-state index in [0.29, 0.717) is 11.8 Å². The zero-order valence-electron chi connectivity index (χ0n) is 11.3. The SMILES string of the molecule is CSc1ccccc1NC(C)Cc1ccc(O)cc1. The highest BCUT2D eigenvalue weighted by Crippen LogP contribution is 2.25. The van der Waals surface area contributed by atoms with E-state index in [1.165, 1.54) is 16.1 Å². The van der Waals surface area contributed by atoms with Crippen molar-refractivity contribution in [1.29, 1.82) is 0 Å². The normalized spacial score (nSPS) is 12.1. The smallest absolute Gasteiger partial charge is 0.115 e. The quantitative estimate of drug-likeness (QED) is 0.802. The molecule has 2 aromatic rings. The van der Waals surface area contributed by atoms with Crippen LogP contribution in [0.2, 0.25) is 0 Å². The van der Waals surface area contributed by atoms with Crippen molar-refractivity contribution in [2.45, 2.75) is 24.3 Å². The van der Waals surface area contributed by atoms with Gasteiger partial charge in [0.15, 0.2) is 0 Å². The maximum absolute atomic E-state index is 9.28. The molecule has 0 aliphatic heterocycles. The minimum atomic E-state index is 0.317. The predicted octanol–water partition coefficient (Wildman–Crippen LogP) is 4.16. The van der Waals surface area contributed by atoms with Crippen LogP contribution in [0.4, 0.5) is 5.69 Å². The lowest BCUT2D eigenvalue weighted by Crippen LogP contribution is -2.18. The zero-order valence-corrected chi connectivity index (χ0v) is 12.1. The fourth-order valence-electron chi connectivity index (χ4n) is 2.07. The summed E-state index contributed by atoms with van der Waals surface area (Å²) in [7, 11) is 0. The van der Waals surface area contributed by atoms with E-state index < -0.39 is 0 Å². The van der Waals surface area contributed by atoms with Crippen LogP contribution >= 0.6 is 11.8 Å². The van der Waals surface area contributed by atoms with Gasteiger partial charge in [0.25, 0.3) is 0 Å². The standard InChI is InChI=1S/C16H19NOS/c1-12(11-13-7-9-14(18)10-8-13)17-15-5-3-4-6-16(15)19-2/h3-10,12,17-18H,11H2,1-2H3. The first-order chi connectivity index (χ1) is 9.19. The number of phenolic OH excluding ortho intramolecular Hbond substituents is 1. The number of aromatic hydroxyl groups is 1. The Bertz CT molecular complexity index is 525. The molecule has 2 nitrogen and oxygen atoms in total. The zero-order chi connectivity index (χ0) is 13.7. The third-order valence-electron chi connectivity index (χ3n) is 2.99. The van der Waals surface area contributed by atoms with E-state index in [1.54, 1.807) is 23.9 Å². The highest BCUT2D eigenvalue weighted by Gasteiger charge is 2.06. The van der Waals surface area contributed by atoms with Crippen molar-refractivity contribution in [1.82, 2.24) is 0 Å². The topological polar surface area (TPSA) is 32.3 Å². The van der Waals surface area contributed by atoms with Crippen molar-refractivity contribution in [3.63, 3.8) is 0 Å². The van der Waals surface area contributed by atoms with E-state index in [2.05, 4.69) is 42.8 Å². The molecule has 0 amide bonds. The van der Waals surface area contributed by atoms with Gasteiger partial charge in [-0.25, -0.2) is 0 Å². The van der Waals surface area contributed by atoms with Crippen LogP contribution < -0.4 is 5.32 Å². The molecule has 0 saturated heterocycles. The second kappa shape index (κ2) is 6.53. The van der Waals surface area contributed by atoms with Crippen LogP contribution in [-0.4, -0.2) is 17.4 Å². The molecule has 2 rings (SSSR count). The van der Waals surface area contributed by atoms with Crippen molar-refractivity contribution in [3.8, 4) is 5.75 Å². The van der Waals surface area contributed by atoms with Crippen LogP contribution in [0.15, 0.2) is 53.4 Å². The van der Waals surface area contributed by atoms with Gasteiger partial charge in [0.2, 0.25) is 0 Å². The number of nitrogens with one attached hydrogen (secondary N) is 1. The second-order valence-electron chi connectivity index (χ2n) is 4.62. The van der Waals surface area contributed by atoms with E-state index in [4.69, 9.17) is 0 Å². The van der Waals surface area contributed by atoms with E-state index >= 15 is 0 Å². The number of phenols is 1. The molecule has 0 radical (unpaired) electrons. The molecule has 100 valence electrons. The molecular formula is C16H19NOS. The van der Waals surface area contributed by atoms with Crippen molar-refractivity contribution >= 4 is 17.4 Å². The molecule has 1 atom stereocenters. The van der Waals surface area contributed by atoms with Crippen LogP contribution in [0.25, 0.3) is 0 Å². The third kappa shape index (κ3) is 3.93. The molecule has 3 heteroatoms. The molecule has 0 heterocycles. The van der Waals surface area contributed by atoms with Gasteiger partial charge in [0.1, 0.15) is 5.75 Å². The van der Waals surface area contributed by atoms with Crippen molar-refractivity contribution < 1.29 is 5.11 Å². The minimum absolute atomic E-state index is 0.317. The van der Waals surface area contributed by atoms with Crippen LogP contribution in [0.5, 0.6) is 5.75 Å². The largest absolute Gasteiger partial charge is 0.508 e. The fourth-order valence-corrected chi connectivity index (χ4v) is 2.63. The lowest BCUT2D eigenvalue weighted by Gasteiger charge is -2.17. The number of benzene rings is 2. The summed E-state index contributed by atoms with van der Waals surface area (Å²) in [6, 6.07) is 16.1. The summed E-state index contributed by atoms with van der Waals surface area (Å²) in [5, 5.41) is 12.8. The molecule has 0 saturated carbocycles. The number of rotatable bonds is 5. The van der Waals surface area contributed by atoms with Gasteiger partial charge in [-0.1, -0.05) is 24.3 Å². The maximum Gasteiger partial charge on any atom is 0.115 e. The molecule has 0 aliphatic rings. The van der Waals surface area contributed by atoms with E-state index in [0.717, 1.165) is 6.42 Å². The van der Waals surface area contributed by atoms with Gasteiger partial charge in [-0.3, -0.25) is 0 Å². The molecule has 0 bridgehead atoms. The molecule has 2 aromatic carbocycles. The van der Waals surface area contributed by atoms with Crippen molar-refractivity contribution in [2.24, 2.45) is 0 Å². The van der Waals surface area contributed by atoms with Crippen LogP contribution in [0, 0.1) is 0 Å². The van der Waals surface area contributed by atoms with Crippen LogP contribution in [-0.2, 0) is 6.42 Å². The van der Waals surface area contributed by atoms with Gasteiger partial charge < -0.3 is 10.4 Å². The lowest BCUT2D eigenvalue weighted by atomic mass is 10.1. The Labute approximate surface area is 118 Å². The van der Waals surface area contributed by atoms with Crippen molar-refractivity contribution in [2.75, 3.05) is 11.6 Å². The summed E-state index contributed by atoms with van der Waals surface area (Å²) < 4.78 is 0. The summed E-state index contributed by atoms with van der Waals surface area (Å²) >= 11 is 1.75. The van der Waals surface area contributed by atoms with Gasteiger partial charge in [0.05, 0.1) is 0 Å². The summed E-state index contributed by atoms with van der Waals surface area (Å²) in [6.07, 6.45) is 3.02. The Morgan fingerprint density at radius 2 is 1.79 bits per heavy atom. The van der Waals surface area contributed by atoms with Gasteiger partial charge in [-0.15, -0.1) is 11.8 Å². The molecule has 0 fully saturated rings. The van der Waals surface area contributed by atoms with Gasteiger partial charge >= 0.3 is 0 Å². The molecule has 0 aliphatic carbocycles. The van der Waals surface area contributed by atoms with Crippen LogP contribution in [0.1, 0.15) is 12.5 Å². The average Bonchev–Trinajstić information content (AvgIpc) is 2.42. The van der Waals surface area contributed by atoms with Gasteiger partial charge in [-0.05, 0) is 49.4 Å². The van der Waals surface area contributed by atoms with E-state index in [1.807, 2.05) is 12.1 Å². The summed E-state index contributed by atoms with van der Waals surface area (Å²) in [5.74, 6) is 0.317. The molecule has 1 unspecified atom stereocenters. The maximum atomic E-state index is 9.28. The minimum Gasteiger partial charge on any atom is -0.508 e. The number of hydrogen-bond donors (Lipinski definition) is 2. The average molecular weight is 273 g/mol. The van der Waals surface area contributed by atoms with Gasteiger partial charge in [-0.2, -0.15) is 0 Å². The third-order valence-corrected chi connectivity index (χ3v) is 3.78. The number of hydrogen-bond acceptors (Lipinski definition) is 3. The molecule has 19 heavy (non-hydrogen) atoms.